The second kappa shape index (κ2) is 5.55. The van der Waals surface area contributed by atoms with E-state index in [4.69, 9.17) is 11.6 Å². The van der Waals surface area contributed by atoms with Crippen LogP contribution in [0.2, 0.25) is 0 Å². The van der Waals surface area contributed by atoms with Gasteiger partial charge in [-0.3, -0.25) is 4.79 Å². The van der Waals surface area contributed by atoms with Crippen molar-refractivity contribution in [3.8, 4) is 0 Å². The van der Waals surface area contributed by atoms with Crippen LogP contribution in [0.3, 0.4) is 0 Å². The predicted octanol–water partition coefficient (Wildman–Crippen LogP) is 1.57. The number of carbonyl (C=O) groups excluding carboxylic acids is 1. The highest BCUT2D eigenvalue weighted by molar-refractivity contribution is 6.27. The van der Waals surface area contributed by atoms with E-state index >= 15 is 0 Å². The normalized spacial score (nSPS) is 19.4. The smallest absolute Gasteiger partial charge is 0.147 e. The molecule has 1 aliphatic heterocycles. The van der Waals surface area contributed by atoms with Gasteiger partial charge in [-0.15, -0.1) is 11.6 Å². The number of carbonyl (C=O) groups is 1. The van der Waals surface area contributed by atoms with Gasteiger partial charge in [0.25, 0.3) is 0 Å². The van der Waals surface area contributed by atoms with Crippen LogP contribution in [-0.2, 0) is 4.79 Å². The summed E-state index contributed by atoms with van der Waals surface area (Å²) in [5.41, 5.74) is 0. The van der Waals surface area contributed by atoms with Gasteiger partial charge in [0.05, 0.1) is 5.88 Å². The van der Waals surface area contributed by atoms with E-state index in [1.54, 1.807) is 0 Å². The molecule has 3 heteroatoms. The number of nitrogens with one attached hydrogen (secondary N) is 1. The Morgan fingerprint density at radius 3 is 2.67 bits per heavy atom. The Balaban J connectivity index is 2.09. The molecule has 0 aromatic carbocycles. The summed E-state index contributed by atoms with van der Waals surface area (Å²) in [6.45, 7) is 2.22. The topological polar surface area (TPSA) is 29.1 Å². The number of hydrogen-bond acceptors (Lipinski definition) is 2. The zero-order valence-electron chi connectivity index (χ0n) is 7.31. The number of ketones is 1. The van der Waals surface area contributed by atoms with Gasteiger partial charge in [-0.2, -0.15) is 0 Å². The Morgan fingerprint density at radius 2 is 2.08 bits per heavy atom. The molecule has 0 saturated carbocycles. The maximum absolute atomic E-state index is 10.9. The lowest BCUT2D eigenvalue weighted by molar-refractivity contribution is -0.117. The first-order chi connectivity index (χ1) is 5.83. The molecule has 12 heavy (non-hydrogen) atoms. The molecular formula is C9H16ClNO. The average molecular weight is 190 g/mol. The van der Waals surface area contributed by atoms with Crippen LogP contribution in [-0.4, -0.2) is 24.8 Å². The van der Waals surface area contributed by atoms with Crippen molar-refractivity contribution in [3.63, 3.8) is 0 Å². The van der Waals surface area contributed by atoms with E-state index in [1.165, 1.54) is 12.8 Å². The van der Waals surface area contributed by atoms with Crippen LogP contribution in [0.4, 0.5) is 0 Å². The van der Waals surface area contributed by atoms with Crippen LogP contribution in [0.15, 0.2) is 0 Å². The third-order valence-electron chi connectivity index (χ3n) is 2.44. The first-order valence-electron chi connectivity index (χ1n) is 4.61. The van der Waals surface area contributed by atoms with E-state index in [1.807, 2.05) is 0 Å². The SMILES string of the molecule is O=C(CCl)CCC1CCNCC1. The standard InChI is InChI=1S/C9H16ClNO/c10-7-9(12)2-1-8-3-5-11-6-4-8/h8,11H,1-7H2. The molecule has 1 saturated heterocycles. The van der Waals surface area contributed by atoms with E-state index in [0.29, 0.717) is 6.42 Å². The fourth-order valence-electron chi connectivity index (χ4n) is 1.60. The van der Waals surface area contributed by atoms with Gasteiger partial charge < -0.3 is 5.32 Å². The summed E-state index contributed by atoms with van der Waals surface area (Å²) in [4.78, 5) is 10.9. The number of piperidine rings is 1. The van der Waals surface area contributed by atoms with Gasteiger partial charge in [0.15, 0.2) is 0 Å². The second-order valence-corrected chi connectivity index (χ2v) is 3.67. The third-order valence-corrected chi connectivity index (χ3v) is 2.74. The van der Waals surface area contributed by atoms with Crippen LogP contribution in [0.25, 0.3) is 0 Å². The summed E-state index contributed by atoms with van der Waals surface area (Å²) in [6, 6.07) is 0. The molecular weight excluding hydrogens is 174 g/mol. The van der Waals surface area contributed by atoms with Gasteiger partial charge in [0, 0.05) is 6.42 Å². The van der Waals surface area contributed by atoms with Gasteiger partial charge in [-0.1, -0.05) is 0 Å². The lowest BCUT2D eigenvalue weighted by Crippen LogP contribution is -2.28. The molecule has 0 amide bonds. The second-order valence-electron chi connectivity index (χ2n) is 3.40. The molecule has 0 unspecified atom stereocenters. The predicted molar refractivity (Wildman–Crippen MR) is 50.6 cm³/mol. The molecule has 0 bridgehead atoms. The summed E-state index contributed by atoms with van der Waals surface area (Å²) >= 11 is 5.41. The molecule has 70 valence electrons. The maximum Gasteiger partial charge on any atom is 0.147 e. The van der Waals surface area contributed by atoms with Crippen molar-refractivity contribution in [1.82, 2.24) is 5.32 Å². The zero-order chi connectivity index (χ0) is 8.81. The first-order valence-corrected chi connectivity index (χ1v) is 5.14. The summed E-state index contributed by atoms with van der Waals surface area (Å²) < 4.78 is 0. The highest BCUT2D eigenvalue weighted by Gasteiger charge is 2.13. The minimum Gasteiger partial charge on any atom is -0.317 e. The monoisotopic (exact) mass is 189 g/mol. The minimum atomic E-state index is 0.185. The fourth-order valence-corrected chi connectivity index (χ4v) is 1.74. The number of rotatable bonds is 4. The molecule has 2 nitrogen and oxygen atoms in total. The van der Waals surface area contributed by atoms with E-state index in [-0.39, 0.29) is 11.7 Å². The zero-order valence-corrected chi connectivity index (χ0v) is 8.07. The number of halogens is 1. The summed E-state index contributed by atoms with van der Waals surface area (Å²) in [5.74, 6) is 1.12. The first kappa shape index (κ1) is 10.0. The molecule has 0 atom stereocenters. The van der Waals surface area contributed by atoms with Gasteiger partial charge in [0.1, 0.15) is 5.78 Å². The lowest BCUT2D eigenvalue weighted by Gasteiger charge is -2.21. The Labute approximate surface area is 78.7 Å². The van der Waals surface area contributed by atoms with Crippen molar-refractivity contribution >= 4 is 17.4 Å². The van der Waals surface area contributed by atoms with Gasteiger partial charge in [-0.05, 0) is 38.3 Å². The van der Waals surface area contributed by atoms with Crippen molar-refractivity contribution < 1.29 is 4.79 Å². The molecule has 1 aliphatic rings. The molecule has 0 aromatic rings. The van der Waals surface area contributed by atoms with Gasteiger partial charge in [0.2, 0.25) is 0 Å². The summed E-state index contributed by atoms with van der Waals surface area (Å²) in [5, 5.41) is 3.31. The van der Waals surface area contributed by atoms with Crippen molar-refractivity contribution in [1.29, 1.82) is 0 Å². The minimum absolute atomic E-state index is 0.185. The van der Waals surface area contributed by atoms with E-state index in [2.05, 4.69) is 5.32 Å². The van der Waals surface area contributed by atoms with Crippen LogP contribution in [0, 0.1) is 5.92 Å². The molecule has 1 fully saturated rings. The van der Waals surface area contributed by atoms with E-state index in [0.717, 1.165) is 25.4 Å². The Kier molecular flexibility index (Phi) is 4.62. The molecule has 0 spiro atoms. The van der Waals surface area contributed by atoms with E-state index in [9.17, 15) is 4.79 Å². The van der Waals surface area contributed by atoms with Crippen molar-refractivity contribution in [2.45, 2.75) is 25.7 Å². The quantitative estimate of drug-likeness (QED) is 0.681. The molecule has 1 rings (SSSR count). The lowest BCUT2D eigenvalue weighted by atomic mass is 9.92. The average Bonchev–Trinajstić information content (AvgIpc) is 2.16. The fraction of sp³-hybridized carbons (Fsp3) is 0.889. The molecule has 0 aromatic heterocycles. The van der Waals surface area contributed by atoms with Crippen LogP contribution < -0.4 is 5.32 Å². The van der Waals surface area contributed by atoms with Crippen LogP contribution in [0.5, 0.6) is 0 Å². The summed E-state index contributed by atoms with van der Waals surface area (Å²) in [6.07, 6.45) is 4.15. The Bertz CT molecular complexity index is 143. The van der Waals surface area contributed by atoms with Crippen LogP contribution in [0.1, 0.15) is 25.7 Å². The van der Waals surface area contributed by atoms with Gasteiger partial charge >= 0.3 is 0 Å². The Morgan fingerprint density at radius 1 is 1.42 bits per heavy atom. The molecule has 1 N–H and O–H groups in total. The van der Waals surface area contributed by atoms with Crippen LogP contribution >= 0.6 is 11.6 Å². The highest BCUT2D eigenvalue weighted by atomic mass is 35.5. The van der Waals surface area contributed by atoms with Crippen molar-refractivity contribution in [3.05, 3.63) is 0 Å². The number of alkyl halides is 1. The molecule has 1 heterocycles. The largest absolute Gasteiger partial charge is 0.317 e. The Hall–Kier alpha value is -0.0800. The van der Waals surface area contributed by atoms with E-state index < -0.39 is 0 Å². The summed E-state index contributed by atoms with van der Waals surface area (Å²) in [7, 11) is 0. The molecule has 0 radical (unpaired) electrons. The highest BCUT2D eigenvalue weighted by Crippen LogP contribution is 2.17. The van der Waals surface area contributed by atoms with Crippen molar-refractivity contribution in [2.75, 3.05) is 19.0 Å². The molecule has 0 aliphatic carbocycles. The number of hydrogen-bond donors (Lipinski definition) is 1. The van der Waals surface area contributed by atoms with Gasteiger partial charge in [-0.25, -0.2) is 0 Å². The number of Topliss-reactive ketones (excluding diaryl/α,β-unsaturated/α-hetero) is 1. The maximum atomic E-state index is 10.9. The third kappa shape index (κ3) is 3.55. The van der Waals surface area contributed by atoms with Crippen molar-refractivity contribution in [2.24, 2.45) is 5.92 Å².